The molecule has 21 heavy (non-hydrogen) atoms. The minimum atomic E-state index is -0.0856. The number of benzene rings is 1. The van der Waals surface area contributed by atoms with Crippen molar-refractivity contribution < 1.29 is 14.3 Å². The van der Waals surface area contributed by atoms with Crippen LogP contribution in [-0.4, -0.2) is 31.8 Å². The second-order valence-electron chi connectivity index (χ2n) is 5.56. The van der Waals surface area contributed by atoms with Gasteiger partial charge in [0.15, 0.2) is 6.61 Å². The largest absolute Gasteiger partial charge is 0.484 e. The van der Waals surface area contributed by atoms with Crippen molar-refractivity contribution in [2.24, 2.45) is 5.73 Å². The molecule has 2 rings (SSSR count). The molecule has 0 bridgehead atoms. The third-order valence-electron chi connectivity index (χ3n) is 3.67. The van der Waals surface area contributed by atoms with Gasteiger partial charge in [0.25, 0.3) is 5.91 Å². The maximum absolute atomic E-state index is 11.9. The fourth-order valence-electron chi connectivity index (χ4n) is 2.37. The summed E-state index contributed by atoms with van der Waals surface area (Å²) in [6, 6.07) is 6.00. The first kappa shape index (κ1) is 15.8. The first-order valence-corrected chi connectivity index (χ1v) is 7.42. The van der Waals surface area contributed by atoms with E-state index in [2.05, 4.69) is 5.32 Å². The van der Waals surface area contributed by atoms with E-state index in [0.29, 0.717) is 13.2 Å². The van der Waals surface area contributed by atoms with E-state index >= 15 is 0 Å². The summed E-state index contributed by atoms with van der Waals surface area (Å²) in [5, 5.41) is 2.97. The lowest BCUT2D eigenvalue weighted by atomic mass is 10.1. The Balaban J connectivity index is 1.83. The third-order valence-corrected chi connectivity index (χ3v) is 3.67. The lowest BCUT2D eigenvalue weighted by Crippen LogP contribution is -2.41. The van der Waals surface area contributed by atoms with Gasteiger partial charge in [-0.15, -0.1) is 0 Å². The van der Waals surface area contributed by atoms with E-state index in [4.69, 9.17) is 15.2 Å². The van der Waals surface area contributed by atoms with Crippen LogP contribution in [0.15, 0.2) is 18.2 Å². The lowest BCUT2D eigenvalue weighted by molar-refractivity contribution is -0.124. The van der Waals surface area contributed by atoms with E-state index in [1.54, 1.807) is 0 Å². The highest BCUT2D eigenvalue weighted by Gasteiger charge is 2.16. The number of aryl methyl sites for hydroxylation is 1. The first-order valence-electron chi connectivity index (χ1n) is 7.42. The zero-order chi connectivity index (χ0) is 15.2. The van der Waals surface area contributed by atoms with Gasteiger partial charge in [-0.05, 0) is 43.9 Å². The molecule has 0 radical (unpaired) electrons. The highest BCUT2D eigenvalue weighted by Crippen LogP contribution is 2.21. The van der Waals surface area contributed by atoms with Gasteiger partial charge >= 0.3 is 0 Å². The molecule has 0 saturated carbocycles. The van der Waals surface area contributed by atoms with Crippen LogP contribution >= 0.6 is 0 Å². The Morgan fingerprint density at radius 2 is 2.19 bits per heavy atom. The molecule has 1 aliphatic rings. The number of hydrogen-bond acceptors (Lipinski definition) is 4. The molecule has 1 aromatic rings. The van der Waals surface area contributed by atoms with Gasteiger partial charge in [-0.3, -0.25) is 4.79 Å². The van der Waals surface area contributed by atoms with Gasteiger partial charge in [-0.1, -0.05) is 12.1 Å². The Bertz CT molecular complexity index is 482. The van der Waals surface area contributed by atoms with Crippen molar-refractivity contribution in [1.29, 1.82) is 0 Å². The Hall–Kier alpha value is -1.59. The molecule has 1 aliphatic heterocycles. The van der Waals surface area contributed by atoms with E-state index in [-0.39, 0.29) is 24.6 Å². The summed E-state index contributed by atoms with van der Waals surface area (Å²) in [5.41, 5.74) is 7.89. The smallest absolute Gasteiger partial charge is 0.258 e. The molecular formula is C16H24N2O3. The van der Waals surface area contributed by atoms with Gasteiger partial charge in [0.05, 0.1) is 0 Å². The molecule has 116 valence electrons. The van der Waals surface area contributed by atoms with E-state index in [1.807, 2.05) is 32.0 Å². The van der Waals surface area contributed by atoms with E-state index in [9.17, 15) is 4.79 Å². The standard InChI is InChI=1S/C16H24N2O3/c1-11-9-13(12(2)17)3-4-15(11)21-10-16(19)18-14-5-7-20-8-6-14/h3-4,9,12,14H,5-8,10,17H2,1-2H3,(H,18,19). The summed E-state index contributed by atoms with van der Waals surface area (Å²) in [6.45, 7) is 5.36. The normalized spacial score (nSPS) is 17.3. The molecular weight excluding hydrogens is 268 g/mol. The Morgan fingerprint density at radius 1 is 1.48 bits per heavy atom. The van der Waals surface area contributed by atoms with Crippen molar-refractivity contribution in [2.45, 2.75) is 38.8 Å². The molecule has 5 nitrogen and oxygen atoms in total. The molecule has 0 aliphatic carbocycles. The average Bonchev–Trinajstić information content (AvgIpc) is 2.47. The molecule has 1 atom stereocenters. The van der Waals surface area contributed by atoms with E-state index in [0.717, 1.165) is 29.7 Å². The van der Waals surface area contributed by atoms with Crippen LogP contribution in [-0.2, 0) is 9.53 Å². The monoisotopic (exact) mass is 292 g/mol. The zero-order valence-electron chi connectivity index (χ0n) is 12.7. The fraction of sp³-hybridized carbons (Fsp3) is 0.562. The SMILES string of the molecule is Cc1cc(C(C)N)ccc1OCC(=O)NC1CCOCC1. The number of nitrogens with one attached hydrogen (secondary N) is 1. The van der Waals surface area contributed by atoms with Crippen molar-refractivity contribution in [3.8, 4) is 5.75 Å². The van der Waals surface area contributed by atoms with Crippen LogP contribution in [0.25, 0.3) is 0 Å². The number of ether oxygens (including phenoxy) is 2. The fourth-order valence-corrected chi connectivity index (χ4v) is 2.37. The average molecular weight is 292 g/mol. The summed E-state index contributed by atoms with van der Waals surface area (Å²) in [5.74, 6) is 0.638. The number of carbonyl (C=O) groups excluding carboxylic acids is 1. The van der Waals surface area contributed by atoms with Crippen molar-refractivity contribution in [3.63, 3.8) is 0 Å². The number of nitrogens with two attached hydrogens (primary N) is 1. The van der Waals surface area contributed by atoms with Gasteiger partial charge in [-0.2, -0.15) is 0 Å². The van der Waals surface area contributed by atoms with Crippen molar-refractivity contribution in [2.75, 3.05) is 19.8 Å². The number of hydrogen-bond donors (Lipinski definition) is 2. The third kappa shape index (κ3) is 4.72. The molecule has 3 N–H and O–H groups in total. The van der Waals surface area contributed by atoms with Crippen LogP contribution < -0.4 is 15.8 Å². The summed E-state index contributed by atoms with van der Waals surface area (Å²) in [6.07, 6.45) is 1.74. The summed E-state index contributed by atoms with van der Waals surface area (Å²) < 4.78 is 10.9. The second-order valence-corrected chi connectivity index (χ2v) is 5.56. The molecule has 1 unspecified atom stereocenters. The number of rotatable bonds is 5. The van der Waals surface area contributed by atoms with E-state index in [1.165, 1.54) is 0 Å². The quantitative estimate of drug-likeness (QED) is 0.866. The van der Waals surface area contributed by atoms with Gasteiger partial charge < -0.3 is 20.5 Å². The van der Waals surface area contributed by atoms with Crippen LogP contribution in [0, 0.1) is 6.92 Å². The summed E-state index contributed by atoms with van der Waals surface area (Å²) in [4.78, 5) is 11.9. The van der Waals surface area contributed by atoms with Gasteiger partial charge in [0.1, 0.15) is 5.75 Å². The van der Waals surface area contributed by atoms with Crippen LogP contribution in [0.3, 0.4) is 0 Å². The van der Waals surface area contributed by atoms with E-state index < -0.39 is 0 Å². The number of amides is 1. The molecule has 1 aromatic carbocycles. The predicted octanol–water partition coefficient (Wildman–Crippen LogP) is 1.69. The molecule has 1 fully saturated rings. The highest BCUT2D eigenvalue weighted by atomic mass is 16.5. The Morgan fingerprint density at radius 3 is 2.81 bits per heavy atom. The minimum Gasteiger partial charge on any atom is -0.484 e. The van der Waals surface area contributed by atoms with Crippen molar-refractivity contribution in [3.05, 3.63) is 29.3 Å². The van der Waals surface area contributed by atoms with Crippen molar-refractivity contribution in [1.82, 2.24) is 5.32 Å². The summed E-state index contributed by atoms with van der Waals surface area (Å²) in [7, 11) is 0. The van der Waals surface area contributed by atoms with Gasteiger partial charge in [0.2, 0.25) is 0 Å². The molecule has 5 heteroatoms. The topological polar surface area (TPSA) is 73.6 Å². The maximum atomic E-state index is 11.9. The van der Waals surface area contributed by atoms with Crippen LogP contribution in [0.2, 0.25) is 0 Å². The number of carbonyl (C=O) groups is 1. The summed E-state index contributed by atoms with van der Waals surface area (Å²) >= 11 is 0. The van der Waals surface area contributed by atoms with Crippen molar-refractivity contribution >= 4 is 5.91 Å². The second kappa shape index (κ2) is 7.43. The van der Waals surface area contributed by atoms with Crippen LogP contribution in [0.5, 0.6) is 5.75 Å². The van der Waals surface area contributed by atoms with Gasteiger partial charge in [-0.25, -0.2) is 0 Å². The highest BCUT2D eigenvalue weighted by molar-refractivity contribution is 5.77. The molecule has 1 saturated heterocycles. The Kier molecular flexibility index (Phi) is 5.59. The predicted molar refractivity (Wildman–Crippen MR) is 81.3 cm³/mol. The van der Waals surface area contributed by atoms with Gasteiger partial charge in [0, 0.05) is 25.3 Å². The lowest BCUT2D eigenvalue weighted by Gasteiger charge is -2.23. The molecule has 0 spiro atoms. The minimum absolute atomic E-state index is 0.00503. The van der Waals surface area contributed by atoms with Crippen LogP contribution in [0.4, 0.5) is 0 Å². The van der Waals surface area contributed by atoms with Crippen LogP contribution in [0.1, 0.15) is 36.9 Å². The first-order chi connectivity index (χ1) is 10.1. The maximum Gasteiger partial charge on any atom is 0.258 e. The molecule has 0 aromatic heterocycles. The Labute approximate surface area is 125 Å². The molecule has 1 amide bonds. The zero-order valence-corrected chi connectivity index (χ0v) is 12.7. The molecule has 1 heterocycles.